The number of nitrogens with one attached hydrogen (secondary N) is 1. The van der Waals surface area contributed by atoms with Gasteiger partial charge in [0.15, 0.2) is 0 Å². The van der Waals surface area contributed by atoms with E-state index in [1.54, 1.807) is 18.2 Å². The second kappa shape index (κ2) is 7.98. The Morgan fingerprint density at radius 1 is 1.21 bits per heavy atom. The Morgan fingerprint density at radius 3 is 2.59 bits per heavy atom. The minimum atomic E-state index is -4.89. The molecule has 3 rings (SSSR count). The second-order valence-electron chi connectivity index (χ2n) is 6.07. The zero-order valence-electron chi connectivity index (χ0n) is 14.9. The van der Waals surface area contributed by atoms with Crippen molar-refractivity contribution in [3.63, 3.8) is 0 Å². The lowest BCUT2D eigenvalue weighted by molar-refractivity contribution is -0.136. The molecule has 0 aliphatic carbocycles. The summed E-state index contributed by atoms with van der Waals surface area (Å²) in [6, 6.07) is 7.85. The van der Waals surface area contributed by atoms with Gasteiger partial charge in [-0.2, -0.15) is 22.0 Å². The molecule has 0 unspecified atom stereocenters. The Bertz CT molecular complexity index is 1040. The molecule has 2 heterocycles. The number of benzene rings is 1. The Hall–Kier alpha value is -3.30. The van der Waals surface area contributed by atoms with Gasteiger partial charge in [0.05, 0.1) is 23.3 Å². The van der Waals surface area contributed by atoms with Gasteiger partial charge in [0, 0.05) is 11.6 Å². The molecule has 0 atom stereocenters. The molecule has 5 nitrogen and oxygen atoms in total. The number of fused-ring (bicyclic) bond motifs is 1. The van der Waals surface area contributed by atoms with Gasteiger partial charge in [-0.1, -0.05) is 6.07 Å². The number of aryl methyl sites for hydroxylation is 1. The topological polar surface area (TPSA) is 64.1 Å². The number of hydrogen-bond acceptors (Lipinski definition) is 4. The van der Waals surface area contributed by atoms with Crippen LogP contribution in [0.5, 0.6) is 5.75 Å². The number of halogens is 5. The summed E-state index contributed by atoms with van der Waals surface area (Å²) in [5, 5.41) is 2.49. The first kappa shape index (κ1) is 20.4. The molecule has 3 aromatic rings. The van der Waals surface area contributed by atoms with Crippen LogP contribution in [0, 0.1) is 6.92 Å². The van der Waals surface area contributed by atoms with Crippen LogP contribution in [0.4, 0.5) is 22.0 Å². The van der Waals surface area contributed by atoms with E-state index in [0.29, 0.717) is 11.8 Å². The quantitative estimate of drug-likeness (QED) is 0.629. The van der Waals surface area contributed by atoms with Crippen molar-refractivity contribution in [2.75, 3.05) is 0 Å². The van der Waals surface area contributed by atoms with Gasteiger partial charge in [0.25, 0.3) is 5.91 Å². The first-order valence-corrected chi connectivity index (χ1v) is 8.30. The fourth-order valence-corrected chi connectivity index (χ4v) is 2.73. The van der Waals surface area contributed by atoms with Gasteiger partial charge in [-0.25, -0.2) is 4.98 Å². The van der Waals surface area contributed by atoms with Gasteiger partial charge in [0.1, 0.15) is 11.4 Å². The Morgan fingerprint density at radius 2 is 1.97 bits per heavy atom. The van der Waals surface area contributed by atoms with E-state index in [4.69, 9.17) is 0 Å². The van der Waals surface area contributed by atoms with E-state index < -0.39 is 35.5 Å². The van der Waals surface area contributed by atoms with Crippen molar-refractivity contribution in [2.45, 2.75) is 26.3 Å². The first-order valence-electron chi connectivity index (χ1n) is 8.30. The fourth-order valence-electron chi connectivity index (χ4n) is 2.73. The summed E-state index contributed by atoms with van der Waals surface area (Å²) in [6.45, 7) is -1.77. The van der Waals surface area contributed by atoms with Crippen LogP contribution >= 0.6 is 0 Å². The third-order valence-electron chi connectivity index (χ3n) is 4.01. The predicted octanol–water partition coefficient (Wildman–Crippen LogP) is 4.49. The monoisotopic (exact) mass is 411 g/mol. The van der Waals surface area contributed by atoms with E-state index >= 15 is 0 Å². The molecule has 0 saturated heterocycles. The number of hydrogen-bond donors (Lipinski definition) is 1. The van der Waals surface area contributed by atoms with E-state index in [-0.39, 0.29) is 23.2 Å². The standard InChI is InChI=1S/C19H14F5N3O2/c1-10-6-15(17(28)26-9-11-4-2-3-5-25-11)27-16-13(10)7-12(29-18(20)21)8-14(16)19(22,23)24/h2-8,18H,9H2,1H3,(H,26,28). The summed E-state index contributed by atoms with van der Waals surface area (Å²) in [4.78, 5) is 20.3. The zero-order chi connectivity index (χ0) is 21.2. The number of pyridine rings is 2. The molecule has 152 valence electrons. The molecule has 10 heteroatoms. The van der Waals surface area contributed by atoms with Crippen LogP contribution in [0.2, 0.25) is 0 Å². The molecule has 0 radical (unpaired) electrons. The van der Waals surface area contributed by atoms with Crippen LogP contribution in [-0.2, 0) is 12.7 Å². The number of carbonyl (C=O) groups excluding carboxylic acids is 1. The second-order valence-corrected chi connectivity index (χ2v) is 6.07. The van der Waals surface area contributed by atoms with Crippen LogP contribution in [0.25, 0.3) is 10.9 Å². The number of carbonyl (C=O) groups is 1. The van der Waals surface area contributed by atoms with E-state index in [9.17, 15) is 26.7 Å². The highest BCUT2D eigenvalue weighted by Crippen LogP contribution is 2.38. The summed E-state index contributed by atoms with van der Waals surface area (Å²) in [5.41, 5.74) is -1.22. The lowest BCUT2D eigenvalue weighted by atomic mass is 10.0. The van der Waals surface area contributed by atoms with Gasteiger partial charge in [-0.05, 0) is 42.8 Å². The van der Waals surface area contributed by atoms with Crippen LogP contribution < -0.4 is 10.1 Å². The molecule has 2 aromatic heterocycles. The van der Waals surface area contributed by atoms with E-state index in [2.05, 4.69) is 20.0 Å². The van der Waals surface area contributed by atoms with Crippen molar-refractivity contribution in [3.05, 3.63) is 65.1 Å². The number of amides is 1. The minimum Gasteiger partial charge on any atom is -0.435 e. The number of nitrogens with zero attached hydrogens (tertiary/aromatic N) is 2. The van der Waals surface area contributed by atoms with Crippen molar-refractivity contribution in [3.8, 4) is 5.75 Å². The summed E-state index contributed by atoms with van der Waals surface area (Å²) in [5.74, 6) is -1.33. The van der Waals surface area contributed by atoms with Gasteiger partial charge in [-0.3, -0.25) is 9.78 Å². The summed E-state index contributed by atoms with van der Waals surface area (Å²) < 4.78 is 69.5. The molecule has 0 aliphatic rings. The lowest BCUT2D eigenvalue weighted by Crippen LogP contribution is -2.24. The Kier molecular flexibility index (Phi) is 5.62. The highest BCUT2D eigenvalue weighted by Gasteiger charge is 2.35. The summed E-state index contributed by atoms with van der Waals surface area (Å²) in [7, 11) is 0. The average molecular weight is 411 g/mol. The Labute approximate surface area is 161 Å². The molecule has 0 aliphatic heterocycles. The van der Waals surface area contributed by atoms with E-state index in [1.165, 1.54) is 19.2 Å². The molecule has 1 amide bonds. The van der Waals surface area contributed by atoms with Gasteiger partial charge < -0.3 is 10.1 Å². The van der Waals surface area contributed by atoms with Crippen molar-refractivity contribution in [1.82, 2.24) is 15.3 Å². The highest BCUT2D eigenvalue weighted by molar-refractivity contribution is 5.97. The molecule has 0 spiro atoms. The maximum atomic E-state index is 13.5. The van der Waals surface area contributed by atoms with Gasteiger partial charge in [0.2, 0.25) is 0 Å². The maximum Gasteiger partial charge on any atom is 0.418 e. The minimum absolute atomic E-state index is 0.0447. The van der Waals surface area contributed by atoms with Crippen LogP contribution in [0.15, 0.2) is 42.6 Å². The van der Waals surface area contributed by atoms with Crippen LogP contribution in [0.3, 0.4) is 0 Å². The molecule has 0 fully saturated rings. The van der Waals surface area contributed by atoms with Crippen molar-refractivity contribution in [1.29, 1.82) is 0 Å². The first-order chi connectivity index (χ1) is 13.6. The number of aromatic nitrogens is 2. The van der Waals surface area contributed by atoms with Crippen LogP contribution in [-0.4, -0.2) is 22.5 Å². The van der Waals surface area contributed by atoms with E-state index in [1.807, 2.05) is 0 Å². The number of rotatable bonds is 5. The largest absolute Gasteiger partial charge is 0.435 e. The molecule has 1 N–H and O–H groups in total. The molecular formula is C19H14F5N3O2. The summed E-state index contributed by atoms with van der Waals surface area (Å²) in [6.07, 6.45) is -3.35. The van der Waals surface area contributed by atoms with Gasteiger partial charge >= 0.3 is 12.8 Å². The van der Waals surface area contributed by atoms with Crippen molar-refractivity contribution in [2.24, 2.45) is 0 Å². The smallest absolute Gasteiger partial charge is 0.418 e. The number of alkyl halides is 5. The van der Waals surface area contributed by atoms with Crippen LogP contribution in [0.1, 0.15) is 27.3 Å². The average Bonchev–Trinajstić information content (AvgIpc) is 2.65. The highest BCUT2D eigenvalue weighted by atomic mass is 19.4. The van der Waals surface area contributed by atoms with Gasteiger partial charge in [-0.15, -0.1) is 0 Å². The normalized spacial score (nSPS) is 11.7. The zero-order valence-corrected chi connectivity index (χ0v) is 14.9. The summed E-state index contributed by atoms with van der Waals surface area (Å²) >= 11 is 0. The molecule has 0 saturated carbocycles. The molecular weight excluding hydrogens is 397 g/mol. The lowest BCUT2D eigenvalue weighted by Gasteiger charge is -2.15. The predicted molar refractivity (Wildman–Crippen MR) is 93.5 cm³/mol. The molecule has 1 aromatic carbocycles. The maximum absolute atomic E-state index is 13.5. The molecule has 29 heavy (non-hydrogen) atoms. The Balaban J connectivity index is 2.01. The number of ether oxygens (including phenoxy) is 1. The third kappa shape index (κ3) is 4.76. The third-order valence-corrected chi connectivity index (χ3v) is 4.01. The SMILES string of the molecule is Cc1cc(C(=O)NCc2ccccn2)nc2c(C(F)(F)F)cc(OC(F)F)cc12. The van der Waals surface area contributed by atoms with Crippen molar-refractivity contribution < 1.29 is 31.5 Å². The van der Waals surface area contributed by atoms with E-state index in [0.717, 1.165) is 6.07 Å². The molecule has 0 bridgehead atoms. The van der Waals surface area contributed by atoms with Crippen molar-refractivity contribution >= 4 is 16.8 Å². The fraction of sp³-hybridized carbons (Fsp3) is 0.211.